The lowest BCUT2D eigenvalue weighted by atomic mass is 9.92. The number of fused-ring (bicyclic) bond motifs is 3. The predicted octanol–water partition coefficient (Wildman–Crippen LogP) is 2.65. The second-order valence-corrected chi connectivity index (χ2v) is 6.93. The first-order valence-electron chi connectivity index (χ1n) is 9.40. The molecule has 1 unspecified atom stereocenters. The Morgan fingerprint density at radius 2 is 2.04 bits per heavy atom. The van der Waals surface area contributed by atoms with E-state index in [0.717, 1.165) is 29.6 Å². The number of para-hydroxylation sites is 1. The van der Waals surface area contributed by atoms with Gasteiger partial charge in [0.05, 0.1) is 12.6 Å². The molecule has 4 rings (SSSR count). The molecule has 28 heavy (non-hydrogen) atoms. The number of amides is 2. The van der Waals surface area contributed by atoms with Crippen molar-refractivity contribution in [1.82, 2.24) is 15.2 Å². The van der Waals surface area contributed by atoms with Crippen LogP contribution in [0.25, 0.3) is 10.9 Å². The summed E-state index contributed by atoms with van der Waals surface area (Å²) in [6, 6.07) is 15.5. The van der Waals surface area contributed by atoms with E-state index >= 15 is 0 Å². The number of ether oxygens (including phenoxy) is 1. The van der Waals surface area contributed by atoms with Gasteiger partial charge in [-0.1, -0.05) is 30.3 Å². The molecule has 0 radical (unpaired) electrons. The van der Waals surface area contributed by atoms with Crippen LogP contribution in [0, 0.1) is 0 Å². The molecule has 2 N–H and O–H groups in total. The van der Waals surface area contributed by atoms with Crippen LogP contribution in [0.4, 0.5) is 0 Å². The summed E-state index contributed by atoms with van der Waals surface area (Å²) in [4.78, 5) is 29.2. The van der Waals surface area contributed by atoms with Crippen molar-refractivity contribution in [2.75, 3.05) is 26.8 Å². The van der Waals surface area contributed by atoms with E-state index in [1.54, 1.807) is 19.2 Å². The lowest BCUT2D eigenvalue weighted by Gasteiger charge is -2.33. The highest BCUT2D eigenvalue weighted by Crippen LogP contribution is 2.37. The molecule has 0 saturated heterocycles. The third-order valence-corrected chi connectivity index (χ3v) is 5.29. The molecule has 0 saturated carbocycles. The summed E-state index contributed by atoms with van der Waals surface area (Å²) in [6.45, 7) is 1.61. The SMILES string of the molecule is COCCNC(=O)c1ccc(C2c3[nH]c4ccccc4c3CCN2C=O)cc1. The van der Waals surface area contributed by atoms with Gasteiger partial charge >= 0.3 is 0 Å². The molecule has 6 nitrogen and oxygen atoms in total. The molecule has 0 spiro atoms. The number of aromatic nitrogens is 1. The average molecular weight is 377 g/mol. The molecular formula is C22H23N3O3. The van der Waals surface area contributed by atoms with E-state index in [1.165, 1.54) is 10.9 Å². The molecule has 2 heterocycles. The predicted molar refractivity (Wildman–Crippen MR) is 107 cm³/mol. The Morgan fingerprint density at radius 1 is 1.25 bits per heavy atom. The van der Waals surface area contributed by atoms with Crippen LogP contribution in [-0.2, 0) is 16.0 Å². The number of hydrogen-bond donors (Lipinski definition) is 2. The molecular weight excluding hydrogens is 354 g/mol. The van der Waals surface area contributed by atoms with Crippen molar-refractivity contribution in [2.45, 2.75) is 12.5 Å². The average Bonchev–Trinajstić information content (AvgIpc) is 3.12. The molecule has 1 aliphatic rings. The Labute approximate surface area is 163 Å². The molecule has 1 aromatic heterocycles. The summed E-state index contributed by atoms with van der Waals surface area (Å²) in [5, 5.41) is 4.03. The minimum Gasteiger partial charge on any atom is -0.383 e. The number of benzene rings is 2. The van der Waals surface area contributed by atoms with Gasteiger partial charge in [0, 0.05) is 42.4 Å². The minimum atomic E-state index is -0.181. The summed E-state index contributed by atoms with van der Waals surface area (Å²) < 4.78 is 4.95. The zero-order valence-corrected chi connectivity index (χ0v) is 15.8. The molecule has 2 amide bonds. The maximum Gasteiger partial charge on any atom is 0.251 e. The first-order chi connectivity index (χ1) is 13.7. The largest absolute Gasteiger partial charge is 0.383 e. The number of H-pyrrole nitrogens is 1. The number of methoxy groups -OCH3 is 1. The molecule has 6 heteroatoms. The summed E-state index contributed by atoms with van der Waals surface area (Å²) in [7, 11) is 1.60. The number of rotatable bonds is 6. The van der Waals surface area contributed by atoms with Crippen molar-refractivity contribution < 1.29 is 14.3 Å². The van der Waals surface area contributed by atoms with Crippen LogP contribution in [-0.4, -0.2) is 49.0 Å². The number of nitrogens with zero attached hydrogens (tertiary/aromatic N) is 1. The topological polar surface area (TPSA) is 74.4 Å². The van der Waals surface area contributed by atoms with Gasteiger partial charge in [-0.25, -0.2) is 0 Å². The van der Waals surface area contributed by atoms with Gasteiger partial charge in [0.1, 0.15) is 0 Å². The first kappa shape index (κ1) is 18.3. The van der Waals surface area contributed by atoms with Gasteiger partial charge in [0.15, 0.2) is 0 Å². The van der Waals surface area contributed by atoms with E-state index in [0.29, 0.717) is 25.3 Å². The molecule has 2 aromatic carbocycles. The van der Waals surface area contributed by atoms with Crippen molar-refractivity contribution in [3.8, 4) is 0 Å². The normalized spacial score (nSPS) is 16.0. The molecule has 1 aliphatic heterocycles. The summed E-state index contributed by atoms with van der Waals surface area (Å²) in [5.41, 5.74) is 4.97. The molecule has 0 bridgehead atoms. The van der Waals surface area contributed by atoms with Crippen LogP contribution in [0.3, 0.4) is 0 Å². The number of aromatic amines is 1. The Hall–Kier alpha value is -3.12. The molecule has 0 aliphatic carbocycles. The van der Waals surface area contributed by atoms with Gasteiger partial charge < -0.3 is 19.9 Å². The van der Waals surface area contributed by atoms with Gasteiger partial charge in [0.25, 0.3) is 5.91 Å². The van der Waals surface area contributed by atoms with Crippen molar-refractivity contribution in [3.05, 3.63) is 70.9 Å². The Kier molecular flexibility index (Phi) is 5.12. The van der Waals surface area contributed by atoms with E-state index in [4.69, 9.17) is 4.74 Å². The van der Waals surface area contributed by atoms with E-state index < -0.39 is 0 Å². The van der Waals surface area contributed by atoms with Gasteiger partial charge in [0.2, 0.25) is 6.41 Å². The summed E-state index contributed by atoms with van der Waals surface area (Å²) in [5.74, 6) is -0.134. The molecule has 1 atom stereocenters. The standard InChI is InChI=1S/C22H23N3O3/c1-28-13-11-23-22(27)16-8-6-15(7-9-16)21-20-18(10-12-25(21)14-26)17-4-2-3-5-19(17)24-20/h2-9,14,21,24H,10-13H2,1H3,(H,23,27). The number of carbonyl (C=O) groups excluding carboxylic acids is 2. The van der Waals surface area contributed by atoms with Gasteiger partial charge in [-0.3, -0.25) is 9.59 Å². The van der Waals surface area contributed by atoms with Crippen LogP contribution in [0.15, 0.2) is 48.5 Å². The second-order valence-electron chi connectivity index (χ2n) is 6.93. The zero-order chi connectivity index (χ0) is 19.5. The van der Waals surface area contributed by atoms with Gasteiger partial charge in [-0.2, -0.15) is 0 Å². The van der Waals surface area contributed by atoms with Crippen LogP contribution in [0.5, 0.6) is 0 Å². The third-order valence-electron chi connectivity index (χ3n) is 5.29. The fourth-order valence-corrected chi connectivity index (χ4v) is 3.92. The fourth-order valence-electron chi connectivity index (χ4n) is 3.92. The Bertz CT molecular complexity index is 994. The van der Waals surface area contributed by atoms with E-state index in [1.807, 2.05) is 29.2 Å². The Balaban J connectivity index is 1.66. The van der Waals surface area contributed by atoms with E-state index in [9.17, 15) is 9.59 Å². The zero-order valence-electron chi connectivity index (χ0n) is 15.8. The number of carbonyl (C=O) groups is 2. The second kappa shape index (κ2) is 7.86. The van der Waals surface area contributed by atoms with Crippen LogP contribution < -0.4 is 5.32 Å². The highest BCUT2D eigenvalue weighted by Gasteiger charge is 2.30. The maximum atomic E-state index is 12.2. The van der Waals surface area contributed by atoms with Gasteiger partial charge in [-0.05, 0) is 35.7 Å². The van der Waals surface area contributed by atoms with Crippen LogP contribution in [0.1, 0.15) is 33.2 Å². The smallest absolute Gasteiger partial charge is 0.251 e. The van der Waals surface area contributed by atoms with Crippen molar-refractivity contribution in [1.29, 1.82) is 0 Å². The lowest BCUT2D eigenvalue weighted by Crippen LogP contribution is -2.35. The van der Waals surface area contributed by atoms with Crippen LogP contribution in [0.2, 0.25) is 0 Å². The number of nitrogens with one attached hydrogen (secondary N) is 2. The van der Waals surface area contributed by atoms with E-state index in [2.05, 4.69) is 22.4 Å². The first-order valence-corrected chi connectivity index (χ1v) is 9.40. The summed E-state index contributed by atoms with van der Waals surface area (Å²) in [6.07, 6.45) is 1.74. The summed E-state index contributed by atoms with van der Waals surface area (Å²) >= 11 is 0. The number of hydrogen-bond acceptors (Lipinski definition) is 3. The highest BCUT2D eigenvalue weighted by molar-refractivity contribution is 5.94. The lowest BCUT2D eigenvalue weighted by molar-refractivity contribution is -0.120. The fraction of sp³-hybridized carbons (Fsp3) is 0.273. The quantitative estimate of drug-likeness (QED) is 0.512. The van der Waals surface area contributed by atoms with E-state index in [-0.39, 0.29) is 11.9 Å². The minimum absolute atomic E-state index is 0.134. The Morgan fingerprint density at radius 3 is 2.79 bits per heavy atom. The maximum absolute atomic E-state index is 12.2. The van der Waals surface area contributed by atoms with Gasteiger partial charge in [-0.15, -0.1) is 0 Å². The molecule has 3 aromatic rings. The van der Waals surface area contributed by atoms with Crippen molar-refractivity contribution in [2.24, 2.45) is 0 Å². The van der Waals surface area contributed by atoms with Crippen molar-refractivity contribution in [3.63, 3.8) is 0 Å². The molecule has 0 fully saturated rings. The van der Waals surface area contributed by atoms with Crippen LogP contribution >= 0.6 is 0 Å². The monoisotopic (exact) mass is 377 g/mol. The molecule has 144 valence electrons. The highest BCUT2D eigenvalue weighted by atomic mass is 16.5. The van der Waals surface area contributed by atoms with Crippen molar-refractivity contribution >= 4 is 23.2 Å². The third kappa shape index (κ3) is 3.27.